The molecule has 4 aromatic rings. The minimum Gasteiger partial charge on any atom is -0.494 e. The lowest BCUT2D eigenvalue weighted by Gasteiger charge is -2.09. The van der Waals surface area contributed by atoms with Crippen LogP contribution in [0.2, 0.25) is 0 Å². The van der Waals surface area contributed by atoms with Gasteiger partial charge in [0.2, 0.25) is 0 Å². The molecule has 0 aliphatic carbocycles. The minimum absolute atomic E-state index is 0.770. The number of aromatic nitrogens is 1. The number of nitrogens with zero attached hydrogens (tertiary/aromatic N) is 1. The van der Waals surface area contributed by atoms with Gasteiger partial charge in [-0.3, -0.25) is 4.79 Å². The Morgan fingerprint density at radius 2 is 1.88 bits per heavy atom. The van der Waals surface area contributed by atoms with Crippen LogP contribution < -0.4 is 4.74 Å². The third kappa shape index (κ3) is 3.17. The second kappa shape index (κ2) is 7.64. The maximum absolute atomic E-state index is 11.2. The van der Waals surface area contributed by atoms with Crippen LogP contribution in [0.3, 0.4) is 0 Å². The first-order valence-corrected chi connectivity index (χ1v) is 10.7. The highest BCUT2D eigenvalue weighted by Gasteiger charge is 2.16. The Kier molecular flexibility index (Phi) is 5.09. The van der Waals surface area contributed by atoms with Crippen LogP contribution in [-0.2, 0) is 0 Å². The van der Waals surface area contributed by atoms with E-state index in [1.807, 2.05) is 18.2 Å². The molecule has 0 saturated carbocycles. The third-order valence-corrected chi connectivity index (χ3v) is 6.66. The molecule has 0 saturated heterocycles. The van der Waals surface area contributed by atoms with Crippen molar-refractivity contribution in [1.29, 1.82) is 0 Å². The summed E-state index contributed by atoms with van der Waals surface area (Å²) in [7, 11) is 0. The van der Waals surface area contributed by atoms with E-state index in [-0.39, 0.29) is 0 Å². The monoisotopic (exact) mass is 383 g/mol. The van der Waals surface area contributed by atoms with E-state index >= 15 is 0 Å². The first kappa shape index (κ1) is 17.3. The highest BCUT2D eigenvalue weighted by molar-refractivity contribution is 7.27. The maximum Gasteiger partial charge on any atom is 0.160 e. The fourth-order valence-electron chi connectivity index (χ4n) is 3.25. The molecule has 5 heteroatoms. The summed E-state index contributed by atoms with van der Waals surface area (Å²) in [5, 5.41) is 2.11. The normalized spacial score (nSPS) is 11.4. The third-order valence-electron chi connectivity index (χ3n) is 4.54. The Balaban J connectivity index is 1.61. The summed E-state index contributed by atoms with van der Waals surface area (Å²) in [5.41, 5.74) is 3.39. The zero-order chi connectivity index (χ0) is 17.9. The molecule has 0 unspecified atom stereocenters. The number of hydrogen-bond donors (Lipinski definition) is 0. The number of fused-ring (bicyclic) bond motifs is 3. The quantitative estimate of drug-likeness (QED) is 0.251. The van der Waals surface area contributed by atoms with Crippen molar-refractivity contribution in [1.82, 2.24) is 4.57 Å². The van der Waals surface area contributed by atoms with Crippen LogP contribution in [0.4, 0.5) is 0 Å². The fourth-order valence-corrected chi connectivity index (χ4v) is 5.25. The van der Waals surface area contributed by atoms with Crippen LogP contribution in [0.5, 0.6) is 5.75 Å². The molecule has 4 rings (SSSR count). The first-order valence-electron chi connectivity index (χ1n) is 9.01. The van der Waals surface area contributed by atoms with Crippen molar-refractivity contribution in [2.45, 2.75) is 32.6 Å². The average molecular weight is 384 g/mol. The Morgan fingerprint density at radius 3 is 2.65 bits per heavy atom. The van der Waals surface area contributed by atoms with E-state index in [9.17, 15) is 4.79 Å². The van der Waals surface area contributed by atoms with E-state index in [0.29, 0.717) is 0 Å². The number of hydrogen-bond acceptors (Lipinski definition) is 4. The summed E-state index contributed by atoms with van der Waals surface area (Å²) < 4.78 is 10.5. The van der Waals surface area contributed by atoms with Crippen LogP contribution in [0.15, 0.2) is 41.8 Å². The molecule has 0 radical (unpaired) electrons. The highest BCUT2D eigenvalue weighted by atomic mass is 32.1. The Morgan fingerprint density at radius 1 is 1.04 bits per heavy atom. The van der Waals surface area contributed by atoms with Gasteiger partial charge in [0.1, 0.15) is 5.75 Å². The van der Waals surface area contributed by atoms with Crippen LogP contribution >= 0.6 is 22.7 Å². The van der Waals surface area contributed by atoms with Gasteiger partial charge in [-0.15, -0.1) is 22.7 Å². The standard InChI is InChI=1S/C21H21NO2S2/c1-2-3-4-5-11-24-16-8-6-15(7-9-16)22-18-10-12-25-20(18)21-19(22)13-17(14-23)26-21/h6-10,12-14H,2-5,11H2,1H3. The molecule has 3 aromatic heterocycles. The lowest BCUT2D eigenvalue weighted by molar-refractivity contribution is 0.112. The topological polar surface area (TPSA) is 31.2 Å². The molecular formula is C21H21NO2S2. The molecule has 3 nitrogen and oxygen atoms in total. The van der Waals surface area contributed by atoms with Crippen LogP contribution in [0.25, 0.3) is 26.1 Å². The number of rotatable bonds is 8. The van der Waals surface area contributed by atoms with Gasteiger partial charge in [-0.1, -0.05) is 26.2 Å². The van der Waals surface area contributed by atoms with Gasteiger partial charge in [0, 0.05) is 5.69 Å². The van der Waals surface area contributed by atoms with Gasteiger partial charge in [0.25, 0.3) is 0 Å². The molecule has 0 spiro atoms. The van der Waals surface area contributed by atoms with Crippen LogP contribution in [0, 0.1) is 0 Å². The maximum atomic E-state index is 11.2. The molecule has 0 N–H and O–H groups in total. The smallest absolute Gasteiger partial charge is 0.160 e. The van der Waals surface area contributed by atoms with Crippen molar-refractivity contribution in [3.05, 3.63) is 46.7 Å². The Bertz CT molecular complexity index is 1020. The second-order valence-electron chi connectivity index (χ2n) is 6.35. The van der Waals surface area contributed by atoms with Gasteiger partial charge in [-0.2, -0.15) is 0 Å². The van der Waals surface area contributed by atoms with E-state index in [0.717, 1.165) is 41.1 Å². The predicted octanol–water partition coefficient (Wildman–Crippen LogP) is 6.68. The lowest BCUT2D eigenvalue weighted by atomic mass is 10.2. The fraction of sp³-hybridized carbons (Fsp3) is 0.286. The molecule has 0 fully saturated rings. The molecule has 0 aliphatic rings. The number of unbranched alkanes of at least 4 members (excludes halogenated alkanes) is 3. The number of carbonyl (C=O) groups is 1. The summed E-state index contributed by atoms with van der Waals surface area (Å²) in [6.45, 7) is 2.99. The molecular weight excluding hydrogens is 362 g/mol. The molecule has 134 valence electrons. The van der Waals surface area contributed by atoms with Gasteiger partial charge in [0.15, 0.2) is 6.29 Å². The summed E-state index contributed by atoms with van der Waals surface area (Å²) in [6.07, 6.45) is 5.78. The predicted molar refractivity (Wildman–Crippen MR) is 112 cm³/mol. The number of carbonyl (C=O) groups excluding carboxylic acids is 1. The number of benzene rings is 1. The Labute approximate surface area is 160 Å². The summed E-state index contributed by atoms with van der Waals surface area (Å²) >= 11 is 3.29. The van der Waals surface area contributed by atoms with E-state index in [4.69, 9.17) is 4.74 Å². The molecule has 0 atom stereocenters. The van der Waals surface area contributed by atoms with E-state index in [1.54, 1.807) is 22.7 Å². The largest absolute Gasteiger partial charge is 0.494 e. The van der Waals surface area contributed by atoms with Crippen molar-refractivity contribution in [2.24, 2.45) is 0 Å². The molecule has 0 amide bonds. The average Bonchev–Trinajstić information content (AvgIpc) is 3.34. The SMILES string of the molecule is CCCCCCOc1ccc(-n2c3ccsc3c3sc(C=O)cc32)cc1. The van der Waals surface area contributed by atoms with Crippen molar-refractivity contribution >= 4 is 49.4 Å². The van der Waals surface area contributed by atoms with Crippen molar-refractivity contribution < 1.29 is 9.53 Å². The lowest BCUT2D eigenvalue weighted by Crippen LogP contribution is -1.98. The van der Waals surface area contributed by atoms with Crippen molar-refractivity contribution in [3.8, 4) is 11.4 Å². The minimum atomic E-state index is 0.770. The number of thiophene rings is 2. The van der Waals surface area contributed by atoms with Gasteiger partial charge >= 0.3 is 0 Å². The summed E-state index contributed by atoms with van der Waals surface area (Å²) in [6, 6.07) is 12.4. The molecule has 0 bridgehead atoms. The van der Waals surface area contributed by atoms with Crippen LogP contribution in [0.1, 0.15) is 42.3 Å². The second-order valence-corrected chi connectivity index (χ2v) is 8.35. The van der Waals surface area contributed by atoms with E-state index < -0.39 is 0 Å². The van der Waals surface area contributed by atoms with E-state index in [2.05, 4.69) is 35.1 Å². The van der Waals surface area contributed by atoms with Gasteiger partial charge < -0.3 is 9.30 Å². The molecule has 1 aromatic carbocycles. The number of ether oxygens (including phenoxy) is 1. The first-order chi connectivity index (χ1) is 12.8. The van der Waals surface area contributed by atoms with Gasteiger partial charge in [-0.25, -0.2) is 0 Å². The van der Waals surface area contributed by atoms with Crippen molar-refractivity contribution in [3.63, 3.8) is 0 Å². The zero-order valence-corrected chi connectivity index (χ0v) is 16.4. The summed E-state index contributed by atoms with van der Waals surface area (Å²) in [4.78, 5) is 12.0. The zero-order valence-electron chi connectivity index (χ0n) is 14.7. The molecule has 26 heavy (non-hydrogen) atoms. The van der Waals surface area contributed by atoms with Gasteiger partial charge in [0.05, 0.1) is 31.9 Å². The summed E-state index contributed by atoms with van der Waals surface area (Å²) in [5.74, 6) is 0.911. The molecule has 3 heterocycles. The molecule has 0 aliphatic heterocycles. The van der Waals surface area contributed by atoms with Crippen molar-refractivity contribution in [2.75, 3.05) is 6.61 Å². The van der Waals surface area contributed by atoms with Gasteiger partial charge in [-0.05, 0) is 48.2 Å². The highest BCUT2D eigenvalue weighted by Crippen LogP contribution is 2.40. The Hall–Kier alpha value is -2.11. The van der Waals surface area contributed by atoms with E-state index in [1.165, 1.54) is 34.2 Å². The number of aldehydes is 1. The van der Waals surface area contributed by atoms with Crippen LogP contribution in [-0.4, -0.2) is 17.5 Å².